The Hall–Kier alpha value is -1.75. The number of ether oxygens (including phenoxy) is 1. The van der Waals surface area contributed by atoms with E-state index in [1.165, 1.54) is 4.90 Å². The molecule has 5 heteroatoms. The number of piperazine rings is 1. The molecular formula is C17H28N3O2+. The van der Waals surface area contributed by atoms with Gasteiger partial charge in [-0.05, 0) is 25.5 Å². The van der Waals surface area contributed by atoms with Crippen molar-refractivity contribution in [3.8, 4) is 5.75 Å². The van der Waals surface area contributed by atoms with E-state index < -0.39 is 0 Å². The number of nitrogens with one attached hydrogen (secondary N) is 2. The van der Waals surface area contributed by atoms with Crippen LogP contribution in [0.2, 0.25) is 0 Å². The largest absolute Gasteiger partial charge is 0.495 e. The van der Waals surface area contributed by atoms with Gasteiger partial charge in [0.05, 0.1) is 39.0 Å². The third kappa shape index (κ3) is 4.37. The first-order valence-corrected chi connectivity index (χ1v) is 8.15. The summed E-state index contributed by atoms with van der Waals surface area (Å²) in [5, 5.41) is 3.04. The molecule has 1 aliphatic rings. The number of carbonyl (C=O) groups is 1. The highest BCUT2D eigenvalue weighted by molar-refractivity contribution is 5.77. The Morgan fingerprint density at radius 2 is 2.05 bits per heavy atom. The van der Waals surface area contributed by atoms with Crippen molar-refractivity contribution >= 4 is 11.6 Å². The summed E-state index contributed by atoms with van der Waals surface area (Å²) in [5.74, 6) is 1.08. The van der Waals surface area contributed by atoms with Gasteiger partial charge in [-0.1, -0.05) is 19.1 Å². The van der Waals surface area contributed by atoms with Gasteiger partial charge in [-0.2, -0.15) is 0 Å². The summed E-state index contributed by atoms with van der Waals surface area (Å²) >= 11 is 0. The molecule has 1 aliphatic heterocycles. The fraction of sp³-hybridized carbons (Fsp3) is 0.588. The first-order valence-electron chi connectivity index (χ1n) is 8.15. The molecule has 1 atom stereocenters. The molecule has 0 spiro atoms. The molecule has 1 aromatic carbocycles. The van der Waals surface area contributed by atoms with E-state index in [2.05, 4.69) is 23.2 Å². The molecule has 122 valence electrons. The molecule has 1 saturated heterocycles. The van der Waals surface area contributed by atoms with Crippen LogP contribution in [0.25, 0.3) is 0 Å². The number of nitrogens with zero attached hydrogens (tertiary/aromatic N) is 1. The summed E-state index contributed by atoms with van der Waals surface area (Å²) in [6.45, 7) is 8.57. The molecule has 0 bridgehead atoms. The zero-order chi connectivity index (χ0) is 15.9. The predicted molar refractivity (Wildman–Crippen MR) is 88.7 cm³/mol. The van der Waals surface area contributed by atoms with E-state index in [0.29, 0.717) is 6.54 Å². The summed E-state index contributed by atoms with van der Waals surface area (Å²) in [6, 6.07) is 8.38. The first-order chi connectivity index (χ1) is 10.6. The SMILES string of the molecule is CC[C@H](C)NC(=O)C[NH+]1CCN(c2ccccc2OC)CC1. The molecule has 2 rings (SSSR count). The summed E-state index contributed by atoms with van der Waals surface area (Å²) in [5.41, 5.74) is 1.15. The maximum Gasteiger partial charge on any atom is 0.275 e. The Bertz CT molecular complexity index is 485. The third-order valence-electron chi connectivity index (χ3n) is 4.33. The lowest BCUT2D eigenvalue weighted by molar-refractivity contribution is -0.892. The molecule has 1 amide bonds. The van der Waals surface area contributed by atoms with Gasteiger partial charge in [-0.25, -0.2) is 0 Å². The van der Waals surface area contributed by atoms with E-state index in [4.69, 9.17) is 4.74 Å². The van der Waals surface area contributed by atoms with Gasteiger partial charge in [0.15, 0.2) is 6.54 Å². The number of para-hydroxylation sites is 2. The van der Waals surface area contributed by atoms with Crippen LogP contribution in [0.15, 0.2) is 24.3 Å². The quantitative estimate of drug-likeness (QED) is 0.795. The van der Waals surface area contributed by atoms with E-state index in [1.807, 2.05) is 25.1 Å². The average molecular weight is 306 g/mol. The second-order valence-electron chi connectivity index (χ2n) is 5.96. The number of anilines is 1. The van der Waals surface area contributed by atoms with Gasteiger partial charge in [-0.15, -0.1) is 0 Å². The van der Waals surface area contributed by atoms with E-state index in [-0.39, 0.29) is 11.9 Å². The number of amides is 1. The topological polar surface area (TPSA) is 46.0 Å². The van der Waals surface area contributed by atoms with Gasteiger partial charge in [0, 0.05) is 6.04 Å². The lowest BCUT2D eigenvalue weighted by atomic mass is 10.2. The lowest BCUT2D eigenvalue weighted by Gasteiger charge is -2.34. The Kier molecular flexibility index (Phi) is 6.07. The van der Waals surface area contributed by atoms with Crippen LogP contribution in [0.5, 0.6) is 5.75 Å². The molecule has 1 heterocycles. The number of carbonyl (C=O) groups excluding carboxylic acids is 1. The second kappa shape index (κ2) is 8.03. The van der Waals surface area contributed by atoms with Crippen molar-refractivity contribution in [3.63, 3.8) is 0 Å². The third-order valence-corrected chi connectivity index (χ3v) is 4.33. The van der Waals surface area contributed by atoms with E-state index >= 15 is 0 Å². The molecule has 2 N–H and O–H groups in total. The van der Waals surface area contributed by atoms with Gasteiger partial charge >= 0.3 is 0 Å². The highest BCUT2D eigenvalue weighted by Gasteiger charge is 2.24. The molecule has 0 aliphatic carbocycles. The maximum absolute atomic E-state index is 12.0. The molecule has 1 fully saturated rings. The second-order valence-corrected chi connectivity index (χ2v) is 5.96. The molecule has 0 saturated carbocycles. The van der Waals surface area contributed by atoms with Crippen molar-refractivity contribution in [2.45, 2.75) is 26.3 Å². The standard InChI is InChI=1S/C17H27N3O2/c1-4-14(2)18-17(21)13-19-9-11-20(12-10-19)15-7-5-6-8-16(15)22-3/h5-8,14H,4,9-13H2,1-3H3,(H,18,21)/p+1/t14-/m0/s1. The van der Waals surface area contributed by atoms with Crippen molar-refractivity contribution in [1.82, 2.24) is 5.32 Å². The fourth-order valence-corrected chi connectivity index (χ4v) is 2.79. The summed E-state index contributed by atoms with van der Waals surface area (Å²) < 4.78 is 5.43. The van der Waals surface area contributed by atoms with Crippen LogP contribution in [0.4, 0.5) is 5.69 Å². The zero-order valence-electron chi connectivity index (χ0n) is 13.9. The minimum absolute atomic E-state index is 0.162. The summed E-state index contributed by atoms with van der Waals surface area (Å²) in [4.78, 5) is 15.7. The highest BCUT2D eigenvalue weighted by Crippen LogP contribution is 2.27. The summed E-state index contributed by atoms with van der Waals surface area (Å²) in [6.07, 6.45) is 0.975. The number of hydrogen-bond donors (Lipinski definition) is 2. The van der Waals surface area contributed by atoms with Crippen LogP contribution in [0.1, 0.15) is 20.3 Å². The molecule has 5 nitrogen and oxygen atoms in total. The zero-order valence-corrected chi connectivity index (χ0v) is 13.9. The maximum atomic E-state index is 12.0. The Morgan fingerprint density at radius 1 is 1.36 bits per heavy atom. The van der Waals surface area contributed by atoms with Gasteiger partial charge in [0.25, 0.3) is 5.91 Å². The Labute approximate surface area is 133 Å². The molecule has 0 aromatic heterocycles. The smallest absolute Gasteiger partial charge is 0.275 e. The van der Waals surface area contributed by atoms with Crippen molar-refractivity contribution in [2.24, 2.45) is 0 Å². The number of hydrogen-bond acceptors (Lipinski definition) is 3. The molecule has 1 aromatic rings. The van der Waals surface area contributed by atoms with Crippen LogP contribution in [0.3, 0.4) is 0 Å². The number of rotatable bonds is 6. The van der Waals surface area contributed by atoms with E-state index in [1.54, 1.807) is 7.11 Å². The van der Waals surface area contributed by atoms with Crippen molar-refractivity contribution in [3.05, 3.63) is 24.3 Å². The van der Waals surface area contributed by atoms with Crippen LogP contribution < -0.4 is 19.9 Å². The predicted octanol–water partition coefficient (Wildman–Crippen LogP) is 0.315. The van der Waals surface area contributed by atoms with Gasteiger partial charge in [0.2, 0.25) is 0 Å². The number of quaternary nitrogens is 1. The molecule has 22 heavy (non-hydrogen) atoms. The number of benzene rings is 1. The highest BCUT2D eigenvalue weighted by atomic mass is 16.5. The van der Waals surface area contributed by atoms with E-state index in [0.717, 1.165) is 44.0 Å². The fourth-order valence-electron chi connectivity index (χ4n) is 2.79. The normalized spacial score (nSPS) is 17.1. The van der Waals surface area contributed by atoms with Crippen LogP contribution >= 0.6 is 0 Å². The minimum Gasteiger partial charge on any atom is -0.495 e. The van der Waals surface area contributed by atoms with Crippen molar-refractivity contribution in [2.75, 3.05) is 44.7 Å². The molecular weight excluding hydrogens is 278 g/mol. The van der Waals surface area contributed by atoms with Crippen molar-refractivity contribution in [1.29, 1.82) is 0 Å². The average Bonchev–Trinajstić information content (AvgIpc) is 2.55. The van der Waals surface area contributed by atoms with Gasteiger partial charge in [-0.3, -0.25) is 4.79 Å². The first kappa shape index (κ1) is 16.6. The Balaban J connectivity index is 1.84. The van der Waals surface area contributed by atoms with Crippen LogP contribution in [-0.4, -0.2) is 51.8 Å². The van der Waals surface area contributed by atoms with Gasteiger partial charge < -0.3 is 19.9 Å². The lowest BCUT2D eigenvalue weighted by Crippen LogP contribution is -3.16. The van der Waals surface area contributed by atoms with Crippen LogP contribution in [-0.2, 0) is 4.79 Å². The molecule has 0 radical (unpaired) electrons. The molecule has 0 unspecified atom stereocenters. The minimum atomic E-state index is 0.162. The number of methoxy groups -OCH3 is 1. The summed E-state index contributed by atoms with van der Waals surface area (Å²) in [7, 11) is 1.71. The van der Waals surface area contributed by atoms with Gasteiger partial charge in [0.1, 0.15) is 5.75 Å². The van der Waals surface area contributed by atoms with Crippen LogP contribution in [0, 0.1) is 0 Å². The Morgan fingerprint density at radius 3 is 2.68 bits per heavy atom. The monoisotopic (exact) mass is 306 g/mol. The van der Waals surface area contributed by atoms with Crippen molar-refractivity contribution < 1.29 is 14.4 Å². The van der Waals surface area contributed by atoms with E-state index in [9.17, 15) is 4.79 Å².